The molecule has 0 spiro atoms. The van der Waals surface area contributed by atoms with Crippen molar-refractivity contribution in [2.24, 2.45) is 12.8 Å². The Kier molecular flexibility index (Phi) is 9.17. The van der Waals surface area contributed by atoms with E-state index >= 15 is 0 Å². The number of amides is 2. The van der Waals surface area contributed by atoms with Crippen LogP contribution in [0.25, 0.3) is 16.9 Å². The summed E-state index contributed by atoms with van der Waals surface area (Å²) in [6, 6.07) is 4.74. The normalized spacial score (nSPS) is 15.1. The van der Waals surface area contributed by atoms with Gasteiger partial charge < -0.3 is 15.4 Å². The summed E-state index contributed by atoms with van der Waals surface area (Å²) in [5.41, 5.74) is 8.53. The second-order valence-corrected chi connectivity index (χ2v) is 9.44. The highest BCUT2D eigenvalue weighted by Gasteiger charge is 2.24. The van der Waals surface area contributed by atoms with Crippen molar-refractivity contribution in [2.45, 2.75) is 19.3 Å². The van der Waals surface area contributed by atoms with Crippen LogP contribution in [0.3, 0.4) is 0 Å². The summed E-state index contributed by atoms with van der Waals surface area (Å²) in [5.74, 6) is -1.38. The van der Waals surface area contributed by atoms with Gasteiger partial charge in [0.2, 0.25) is 0 Å². The molecule has 1 fully saturated rings. The Balaban J connectivity index is 0.000000194. The van der Waals surface area contributed by atoms with E-state index < -0.39 is 23.5 Å². The molecule has 10 nitrogen and oxygen atoms in total. The van der Waals surface area contributed by atoms with Crippen molar-refractivity contribution in [3.05, 3.63) is 77.6 Å². The Morgan fingerprint density at radius 1 is 1.18 bits per heavy atom. The molecule has 13 heteroatoms. The number of halogens is 3. The van der Waals surface area contributed by atoms with Crippen LogP contribution in [-0.4, -0.2) is 68.8 Å². The smallest absolute Gasteiger partial charge is 0.317 e. The molecule has 0 aliphatic carbocycles. The molecule has 4 heterocycles. The molecule has 0 saturated carbocycles. The van der Waals surface area contributed by atoms with E-state index in [0.717, 1.165) is 43.4 Å². The standard InChI is InChI=1S/C14H14FN7O.C13H17F2NO/c1-8-12(9-4-18-21(2)7-9)20-22(13(8)19-14(16)23)11-3-10(15)5-17-6-11;1-17-7-6-16-5-4-11(9-16)10-2-3-12(14)13(15)8-10/h3-7H,1-2H3,(H3,16,19,23);2-3,8,11H,4-7,9H2,1H3. The van der Waals surface area contributed by atoms with Crippen molar-refractivity contribution < 1.29 is 22.7 Å². The van der Waals surface area contributed by atoms with Gasteiger partial charge in [-0.2, -0.15) is 10.2 Å². The second-order valence-electron chi connectivity index (χ2n) is 9.44. The van der Waals surface area contributed by atoms with E-state index in [0.29, 0.717) is 35.3 Å². The zero-order valence-corrected chi connectivity index (χ0v) is 22.4. The van der Waals surface area contributed by atoms with E-state index in [2.05, 4.69) is 25.4 Å². The van der Waals surface area contributed by atoms with Gasteiger partial charge in [0.05, 0.1) is 30.9 Å². The summed E-state index contributed by atoms with van der Waals surface area (Å²) >= 11 is 0. The topological polar surface area (TPSA) is 116 Å². The lowest BCUT2D eigenvalue weighted by Gasteiger charge is -2.15. The molecule has 1 aromatic carbocycles. The third kappa shape index (κ3) is 6.85. The monoisotopic (exact) mass is 556 g/mol. The highest BCUT2D eigenvalue weighted by Crippen LogP contribution is 2.30. The number of aromatic nitrogens is 5. The molecule has 0 radical (unpaired) electrons. The molecule has 5 rings (SSSR count). The molecule has 0 bridgehead atoms. The van der Waals surface area contributed by atoms with Crippen molar-refractivity contribution >= 4 is 11.8 Å². The lowest BCUT2D eigenvalue weighted by atomic mass is 9.98. The summed E-state index contributed by atoms with van der Waals surface area (Å²) in [6.07, 6.45) is 6.96. The van der Waals surface area contributed by atoms with E-state index in [1.165, 1.54) is 29.1 Å². The van der Waals surface area contributed by atoms with Crippen LogP contribution in [0.1, 0.15) is 23.5 Å². The Bertz CT molecular complexity index is 1470. The molecule has 3 N–H and O–H groups in total. The largest absolute Gasteiger partial charge is 0.383 e. The summed E-state index contributed by atoms with van der Waals surface area (Å²) in [6.45, 7) is 5.28. The first-order valence-electron chi connectivity index (χ1n) is 12.6. The van der Waals surface area contributed by atoms with Crippen molar-refractivity contribution in [3.63, 3.8) is 0 Å². The van der Waals surface area contributed by atoms with Crippen LogP contribution in [0.2, 0.25) is 0 Å². The Morgan fingerprint density at radius 2 is 1.98 bits per heavy atom. The molecule has 1 aliphatic rings. The van der Waals surface area contributed by atoms with Crippen LogP contribution in [0.5, 0.6) is 0 Å². The van der Waals surface area contributed by atoms with Crippen LogP contribution in [0, 0.1) is 24.4 Å². The van der Waals surface area contributed by atoms with Gasteiger partial charge in [0.1, 0.15) is 17.3 Å². The number of aryl methyl sites for hydroxylation is 1. The van der Waals surface area contributed by atoms with Gasteiger partial charge in [0.25, 0.3) is 0 Å². The van der Waals surface area contributed by atoms with Gasteiger partial charge in [-0.05, 0) is 43.5 Å². The van der Waals surface area contributed by atoms with Crippen LogP contribution in [0.15, 0.2) is 49.1 Å². The molecule has 1 aliphatic heterocycles. The first-order valence-corrected chi connectivity index (χ1v) is 12.6. The molecule has 1 saturated heterocycles. The fourth-order valence-corrected chi connectivity index (χ4v) is 4.57. The average molecular weight is 557 g/mol. The molecular formula is C27H31F3N8O2. The Hall–Kier alpha value is -4.23. The second kappa shape index (κ2) is 12.7. The quantitative estimate of drug-likeness (QED) is 0.356. The first kappa shape index (κ1) is 28.8. The van der Waals surface area contributed by atoms with E-state index in [1.54, 1.807) is 44.2 Å². The predicted molar refractivity (Wildman–Crippen MR) is 143 cm³/mol. The number of hydrogen-bond donors (Lipinski definition) is 2. The number of methoxy groups -OCH3 is 1. The molecular weight excluding hydrogens is 525 g/mol. The van der Waals surface area contributed by atoms with Gasteiger partial charge >= 0.3 is 6.03 Å². The number of nitrogens with two attached hydrogens (primary N) is 1. The molecule has 2 amide bonds. The lowest BCUT2D eigenvalue weighted by Crippen LogP contribution is -2.24. The molecule has 4 aromatic rings. The number of pyridine rings is 1. The summed E-state index contributed by atoms with van der Waals surface area (Å²) in [4.78, 5) is 17.4. The van der Waals surface area contributed by atoms with Gasteiger partial charge in [-0.1, -0.05) is 6.07 Å². The minimum absolute atomic E-state index is 0.307. The molecule has 40 heavy (non-hydrogen) atoms. The maximum Gasteiger partial charge on any atom is 0.317 e. The number of benzene rings is 1. The van der Waals surface area contributed by atoms with Crippen LogP contribution < -0.4 is 11.1 Å². The number of urea groups is 1. The number of likely N-dealkylation sites (tertiary alicyclic amines) is 1. The zero-order valence-electron chi connectivity index (χ0n) is 22.4. The van der Waals surface area contributed by atoms with Crippen molar-refractivity contribution in [1.82, 2.24) is 29.4 Å². The van der Waals surface area contributed by atoms with Gasteiger partial charge in [0.15, 0.2) is 11.6 Å². The number of rotatable bonds is 7. The summed E-state index contributed by atoms with van der Waals surface area (Å²) in [7, 11) is 3.47. The highest BCUT2D eigenvalue weighted by atomic mass is 19.2. The minimum Gasteiger partial charge on any atom is -0.383 e. The number of ether oxygens (including phenoxy) is 1. The lowest BCUT2D eigenvalue weighted by molar-refractivity contribution is 0.160. The number of primary amides is 1. The van der Waals surface area contributed by atoms with E-state index in [1.807, 2.05) is 0 Å². The maximum atomic E-state index is 13.5. The predicted octanol–water partition coefficient (Wildman–Crippen LogP) is 4.01. The van der Waals surface area contributed by atoms with Gasteiger partial charge in [0, 0.05) is 50.6 Å². The molecule has 3 aromatic heterocycles. The average Bonchev–Trinajstić information content (AvgIpc) is 3.64. The van der Waals surface area contributed by atoms with E-state index in [9.17, 15) is 18.0 Å². The first-order chi connectivity index (χ1) is 19.2. The molecule has 1 unspecified atom stereocenters. The van der Waals surface area contributed by atoms with Crippen molar-refractivity contribution in [2.75, 3.05) is 38.7 Å². The fraction of sp³-hybridized carbons (Fsp3) is 0.333. The Labute approximate surface area is 229 Å². The SMILES string of the molecule is COCCN1CCC(c2ccc(F)c(F)c2)C1.Cc1c(-c2cnn(C)c2)nn(-c2cncc(F)c2)c1NC(N)=O. The highest BCUT2D eigenvalue weighted by molar-refractivity contribution is 5.89. The fourth-order valence-electron chi connectivity index (χ4n) is 4.57. The number of nitrogens with zero attached hydrogens (tertiary/aromatic N) is 6. The van der Waals surface area contributed by atoms with Crippen LogP contribution >= 0.6 is 0 Å². The Morgan fingerprint density at radius 3 is 2.62 bits per heavy atom. The maximum absolute atomic E-state index is 13.5. The van der Waals surface area contributed by atoms with Crippen molar-refractivity contribution in [1.29, 1.82) is 0 Å². The van der Waals surface area contributed by atoms with E-state index in [-0.39, 0.29) is 0 Å². The summed E-state index contributed by atoms with van der Waals surface area (Å²) in [5, 5.41) is 11.1. The third-order valence-corrected chi connectivity index (χ3v) is 6.58. The molecule has 1 atom stereocenters. The third-order valence-electron chi connectivity index (χ3n) is 6.58. The number of hydrogen-bond acceptors (Lipinski definition) is 6. The van der Waals surface area contributed by atoms with Gasteiger partial charge in [-0.15, -0.1) is 0 Å². The minimum atomic E-state index is -0.775. The number of carbonyl (C=O) groups excluding carboxylic acids is 1. The number of carbonyl (C=O) groups is 1. The van der Waals surface area contributed by atoms with Crippen LogP contribution in [-0.2, 0) is 11.8 Å². The number of nitrogens with one attached hydrogen (secondary N) is 1. The summed E-state index contributed by atoms with van der Waals surface area (Å²) < 4.78 is 47.5. The molecule has 212 valence electrons. The van der Waals surface area contributed by atoms with Crippen molar-refractivity contribution in [3.8, 4) is 16.9 Å². The van der Waals surface area contributed by atoms with E-state index in [4.69, 9.17) is 10.5 Å². The van der Waals surface area contributed by atoms with Gasteiger partial charge in [-0.25, -0.2) is 22.6 Å². The van der Waals surface area contributed by atoms with Gasteiger partial charge in [-0.3, -0.25) is 15.0 Å². The van der Waals surface area contributed by atoms with Crippen LogP contribution in [0.4, 0.5) is 23.8 Å². The zero-order chi connectivity index (χ0) is 28.8. The number of anilines is 1.